The van der Waals surface area contributed by atoms with Crippen molar-refractivity contribution in [2.24, 2.45) is 11.8 Å². The van der Waals surface area contributed by atoms with E-state index in [2.05, 4.69) is 27.3 Å². The molecule has 0 radical (unpaired) electrons. The quantitative estimate of drug-likeness (QED) is 0.500. The van der Waals surface area contributed by atoms with Gasteiger partial charge in [-0.3, -0.25) is 5.43 Å². The molecule has 4 N–H and O–H groups in total. The summed E-state index contributed by atoms with van der Waals surface area (Å²) in [6.07, 6.45) is 1.86. The largest absolute Gasteiger partial charge is 0.463 e. The van der Waals surface area contributed by atoms with E-state index in [9.17, 15) is 5.11 Å². The van der Waals surface area contributed by atoms with E-state index in [1.807, 2.05) is 11.8 Å². The maximum absolute atomic E-state index is 9.52. The summed E-state index contributed by atoms with van der Waals surface area (Å²) in [4.78, 5) is 14.6. The van der Waals surface area contributed by atoms with Crippen molar-refractivity contribution in [3.63, 3.8) is 0 Å². The molecule has 0 bridgehead atoms. The summed E-state index contributed by atoms with van der Waals surface area (Å²) in [5.74, 6) is 6.53. The van der Waals surface area contributed by atoms with Crippen molar-refractivity contribution in [1.29, 1.82) is 0 Å². The number of nitrogens with one attached hydrogen (secondary N) is 1. The molecule has 2 heterocycles. The van der Waals surface area contributed by atoms with Gasteiger partial charge in [0.25, 0.3) is 0 Å². The van der Waals surface area contributed by atoms with Gasteiger partial charge in [-0.1, -0.05) is 13.8 Å². The molecule has 20 heavy (non-hydrogen) atoms. The Morgan fingerprint density at radius 3 is 2.90 bits per heavy atom. The van der Waals surface area contributed by atoms with Crippen molar-refractivity contribution in [1.82, 2.24) is 15.0 Å². The number of nitrogen functional groups attached to an aromatic ring is 1. The molecular weight excluding hydrogens is 260 g/mol. The van der Waals surface area contributed by atoms with Crippen LogP contribution in [0.1, 0.15) is 26.7 Å². The number of aromatic nitrogens is 3. The summed E-state index contributed by atoms with van der Waals surface area (Å²) in [7, 11) is 0. The SMILES string of the molecule is CCCOc1nc(NN)nc(N2CCC(C)C2CO)n1. The molecule has 1 aliphatic rings. The third kappa shape index (κ3) is 3.07. The van der Waals surface area contributed by atoms with E-state index in [0.717, 1.165) is 19.4 Å². The van der Waals surface area contributed by atoms with Crippen molar-refractivity contribution < 1.29 is 9.84 Å². The third-order valence-corrected chi connectivity index (χ3v) is 3.49. The van der Waals surface area contributed by atoms with Crippen LogP contribution in [0.3, 0.4) is 0 Å². The summed E-state index contributed by atoms with van der Waals surface area (Å²) in [5, 5.41) is 9.52. The van der Waals surface area contributed by atoms with Gasteiger partial charge >= 0.3 is 6.01 Å². The fraction of sp³-hybridized carbons (Fsp3) is 0.750. The normalized spacial score (nSPS) is 22.1. The minimum Gasteiger partial charge on any atom is -0.463 e. The molecule has 8 nitrogen and oxygen atoms in total. The van der Waals surface area contributed by atoms with Crippen LogP contribution >= 0.6 is 0 Å². The molecule has 2 atom stereocenters. The van der Waals surface area contributed by atoms with Crippen LogP contribution in [0.5, 0.6) is 6.01 Å². The van der Waals surface area contributed by atoms with Crippen LogP contribution < -0.4 is 20.9 Å². The first-order chi connectivity index (χ1) is 9.69. The van der Waals surface area contributed by atoms with Gasteiger partial charge in [0.15, 0.2) is 0 Å². The maximum atomic E-state index is 9.52. The van der Waals surface area contributed by atoms with Gasteiger partial charge in [0, 0.05) is 6.54 Å². The molecule has 1 aliphatic heterocycles. The lowest BCUT2D eigenvalue weighted by atomic mass is 10.0. The Morgan fingerprint density at radius 2 is 2.25 bits per heavy atom. The predicted molar refractivity (Wildman–Crippen MR) is 75.4 cm³/mol. The summed E-state index contributed by atoms with van der Waals surface area (Å²) in [6.45, 7) is 5.52. The highest BCUT2D eigenvalue weighted by atomic mass is 16.5. The Morgan fingerprint density at radius 1 is 1.45 bits per heavy atom. The topological polar surface area (TPSA) is 109 Å². The number of anilines is 2. The van der Waals surface area contributed by atoms with Gasteiger partial charge in [-0.15, -0.1) is 0 Å². The number of hydrazine groups is 1. The third-order valence-electron chi connectivity index (χ3n) is 3.49. The zero-order valence-electron chi connectivity index (χ0n) is 11.9. The Hall–Kier alpha value is -1.67. The molecule has 0 amide bonds. The summed E-state index contributed by atoms with van der Waals surface area (Å²) >= 11 is 0. The van der Waals surface area contributed by atoms with Crippen LogP contribution in [-0.2, 0) is 0 Å². The molecule has 2 rings (SSSR count). The van der Waals surface area contributed by atoms with Gasteiger partial charge in [0.1, 0.15) is 0 Å². The second kappa shape index (κ2) is 6.67. The fourth-order valence-corrected chi connectivity index (χ4v) is 2.33. The number of nitrogens with two attached hydrogens (primary N) is 1. The standard InChI is InChI=1S/C12H22N6O2/c1-3-6-20-12-15-10(17-13)14-11(16-12)18-5-4-8(2)9(18)7-19/h8-9,19H,3-7,13H2,1-2H3,(H,14,15,16,17). The molecule has 0 aliphatic carbocycles. The van der Waals surface area contributed by atoms with Crippen LogP contribution in [0.25, 0.3) is 0 Å². The molecule has 1 aromatic rings. The van der Waals surface area contributed by atoms with E-state index in [4.69, 9.17) is 10.6 Å². The van der Waals surface area contributed by atoms with Crippen molar-refractivity contribution in [2.45, 2.75) is 32.7 Å². The lowest BCUT2D eigenvalue weighted by molar-refractivity contribution is 0.243. The Balaban J connectivity index is 2.25. The number of hydrogen-bond donors (Lipinski definition) is 3. The van der Waals surface area contributed by atoms with E-state index in [0.29, 0.717) is 18.5 Å². The highest BCUT2D eigenvalue weighted by Crippen LogP contribution is 2.28. The van der Waals surface area contributed by atoms with Crippen molar-refractivity contribution in [3.8, 4) is 6.01 Å². The number of hydrogen-bond acceptors (Lipinski definition) is 8. The molecule has 1 aromatic heterocycles. The molecular formula is C12H22N6O2. The molecule has 2 unspecified atom stereocenters. The van der Waals surface area contributed by atoms with Gasteiger partial charge in [-0.05, 0) is 18.8 Å². The number of aliphatic hydroxyl groups excluding tert-OH is 1. The van der Waals surface area contributed by atoms with Gasteiger partial charge in [-0.2, -0.15) is 15.0 Å². The minimum atomic E-state index is 0.0158. The lowest BCUT2D eigenvalue weighted by Gasteiger charge is -2.25. The monoisotopic (exact) mass is 282 g/mol. The summed E-state index contributed by atoms with van der Waals surface area (Å²) < 4.78 is 5.45. The summed E-state index contributed by atoms with van der Waals surface area (Å²) in [5.41, 5.74) is 2.42. The second-order valence-electron chi connectivity index (χ2n) is 4.94. The number of nitrogens with zero attached hydrogens (tertiary/aromatic N) is 4. The maximum Gasteiger partial charge on any atom is 0.323 e. The van der Waals surface area contributed by atoms with Gasteiger partial charge in [0.2, 0.25) is 11.9 Å². The van der Waals surface area contributed by atoms with Crippen LogP contribution in [-0.4, -0.2) is 45.9 Å². The van der Waals surface area contributed by atoms with Crippen molar-refractivity contribution in [3.05, 3.63) is 0 Å². The highest BCUT2D eigenvalue weighted by molar-refractivity contribution is 5.40. The number of aliphatic hydroxyl groups is 1. The van der Waals surface area contributed by atoms with Crippen molar-refractivity contribution >= 4 is 11.9 Å². The number of rotatable bonds is 6. The Bertz CT molecular complexity index is 444. The molecule has 0 aromatic carbocycles. The van der Waals surface area contributed by atoms with E-state index in [1.54, 1.807) is 0 Å². The number of ether oxygens (including phenoxy) is 1. The smallest absolute Gasteiger partial charge is 0.323 e. The molecule has 112 valence electrons. The first-order valence-electron chi connectivity index (χ1n) is 6.92. The molecule has 1 saturated heterocycles. The van der Waals surface area contributed by atoms with E-state index >= 15 is 0 Å². The van der Waals surface area contributed by atoms with Crippen LogP contribution in [0, 0.1) is 5.92 Å². The molecule has 0 saturated carbocycles. The van der Waals surface area contributed by atoms with E-state index in [-0.39, 0.29) is 24.6 Å². The predicted octanol–water partition coefficient (Wildman–Crippen LogP) is 0.153. The van der Waals surface area contributed by atoms with Crippen LogP contribution in [0.2, 0.25) is 0 Å². The zero-order chi connectivity index (χ0) is 14.5. The van der Waals surface area contributed by atoms with Crippen LogP contribution in [0.15, 0.2) is 0 Å². The van der Waals surface area contributed by atoms with Gasteiger partial charge < -0.3 is 14.7 Å². The minimum absolute atomic E-state index is 0.0158. The van der Waals surface area contributed by atoms with Gasteiger partial charge in [-0.25, -0.2) is 5.84 Å². The lowest BCUT2D eigenvalue weighted by Crippen LogP contribution is -2.36. The van der Waals surface area contributed by atoms with Crippen molar-refractivity contribution in [2.75, 3.05) is 30.1 Å². The first kappa shape index (κ1) is 14.7. The summed E-state index contributed by atoms with van der Waals surface area (Å²) in [6, 6.07) is 0.267. The second-order valence-corrected chi connectivity index (χ2v) is 4.94. The van der Waals surface area contributed by atoms with Crippen LogP contribution in [0.4, 0.5) is 11.9 Å². The zero-order valence-corrected chi connectivity index (χ0v) is 11.9. The van der Waals surface area contributed by atoms with Gasteiger partial charge in [0.05, 0.1) is 19.3 Å². The molecule has 0 spiro atoms. The average molecular weight is 282 g/mol. The van der Waals surface area contributed by atoms with E-state index in [1.165, 1.54) is 0 Å². The molecule has 8 heteroatoms. The average Bonchev–Trinajstić information content (AvgIpc) is 2.85. The molecule has 1 fully saturated rings. The van der Waals surface area contributed by atoms with E-state index < -0.39 is 0 Å². The highest BCUT2D eigenvalue weighted by Gasteiger charge is 2.32. The Kier molecular flexibility index (Phi) is 4.91. The first-order valence-corrected chi connectivity index (χ1v) is 6.92. The fourth-order valence-electron chi connectivity index (χ4n) is 2.33. The Labute approximate surface area is 118 Å².